The maximum absolute atomic E-state index is 12.0. The fraction of sp³-hybridized carbons (Fsp3) is 0.333. The molecular weight excluding hydrogens is 356 g/mol. The summed E-state index contributed by atoms with van der Waals surface area (Å²) in [5.41, 5.74) is 1.22. The van der Waals surface area contributed by atoms with Crippen molar-refractivity contribution in [3.63, 3.8) is 0 Å². The highest BCUT2D eigenvalue weighted by molar-refractivity contribution is 7.99. The normalized spacial score (nSPS) is 11.1. The number of guanidine groups is 1. The number of hydrogen-bond donors (Lipinski definition) is 3. The number of amides is 1. The van der Waals surface area contributed by atoms with Gasteiger partial charge in [-0.15, -0.1) is 11.8 Å². The van der Waals surface area contributed by atoms with Crippen LogP contribution in [0.15, 0.2) is 70.6 Å². The largest absolute Gasteiger partial charge is 0.357 e. The summed E-state index contributed by atoms with van der Waals surface area (Å²) in [6, 6.07) is 20.4. The molecule has 0 radical (unpaired) electrons. The lowest BCUT2D eigenvalue weighted by Gasteiger charge is -2.11. The number of nitrogens with one attached hydrogen (secondary N) is 3. The molecule has 2 aromatic carbocycles. The molecule has 0 bridgehead atoms. The second-order valence-corrected chi connectivity index (χ2v) is 7.04. The first-order chi connectivity index (χ1) is 13.3. The van der Waals surface area contributed by atoms with E-state index >= 15 is 0 Å². The minimum Gasteiger partial charge on any atom is -0.357 e. The summed E-state index contributed by atoms with van der Waals surface area (Å²) >= 11 is 1.79. The number of aliphatic imine (C=N–C) groups is 1. The van der Waals surface area contributed by atoms with Crippen LogP contribution >= 0.6 is 11.8 Å². The quantitative estimate of drug-likeness (QED) is 0.255. The zero-order valence-corrected chi connectivity index (χ0v) is 16.6. The first-order valence-corrected chi connectivity index (χ1v) is 10.3. The first-order valence-electron chi connectivity index (χ1n) is 9.28. The van der Waals surface area contributed by atoms with Gasteiger partial charge in [-0.3, -0.25) is 4.79 Å². The molecular formula is C21H28N4OS. The van der Waals surface area contributed by atoms with Crippen LogP contribution in [0, 0.1) is 0 Å². The Morgan fingerprint density at radius 2 is 1.63 bits per heavy atom. The van der Waals surface area contributed by atoms with Crippen LogP contribution in [0.2, 0.25) is 0 Å². The van der Waals surface area contributed by atoms with Crippen LogP contribution in [0.4, 0.5) is 0 Å². The maximum Gasteiger partial charge on any atom is 0.241 e. The Hall–Kier alpha value is -2.47. The minimum atomic E-state index is -0.0678. The molecule has 0 heterocycles. The van der Waals surface area contributed by atoms with Crippen molar-refractivity contribution in [2.24, 2.45) is 4.99 Å². The zero-order valence-electron chi connectivity index (χ0n) is 15.8. The second-order valence-electron chi connectivity index (χ2n) is 5.87. The molecule has 2 aromatic rings. The summed E-state index contributed by atoms with van der Waals surface area (Å²) in [5.74, 6) is 1.53. The van der Waals surface area contributed by atoms with Gasteiger partial charge in [0.05, 0.1) is 0 Å². The number of benzene rings is 2. The van der Waals surface area contributed by atoms with E-state index in [1.54, 1.807) is 11.8 Å². The van der Waals surface area contributed by atoms with Gasteiger partial charge in [-0.1, -0.05) is 48.5 Å². The van der Waals surface area contributed by atoms with Gasteiger partial charge >= 0.3 is 0 Å². The van der Waals surface area contributed by atoms with Gasteiger partial charge < -0.3 is 16.0 Å². The Bertz CT molecular complexity index is 692. The lowest BCUT2D eigenvalue weighted by atomic mass is 10.1. The lowest BCUT2D eigenvalue weighted by molar-refractivity contribution is -0.119. The van der Waals surface area contributed by atoms with Crippen LogP contribution in [-0.2, 0) is 11.2 Å². The SMILES string of the molecule is CCNC(=NCC(=O)NCCc1ccccc1)NCCSc1ccccc1. The van der Waals surface area contributed by atoms with E-state index in [0.717, 1.165) is 25.3 Å². The molecule has 0 aliphatic carbocycles. The molecule has 0 fully saturated rings. The second kappa shape index (κ2) is 12.8. The van der Waals surface area contributed by atoms with E-state index in [-0.39, 0.29) is 12.5 Å². The monoisotopic (exact) mass is 384 g/mol. The summed E-state index contributed by atoms with van der Waals surface area (Å²) < 4.78 is 0. The molecule has 3 N–H and O–H groups in total. The van der Waals surface area contributed by atoms with E-state index in [1.165, 1.54) is 10.5 Å². The molecule has 0 aromatic heterocycles. The van der Waals surface area contributed by atoms with Gasteiger partial charge in [-0.25, -0.2) is 4.99 Å². The van der Waals surface area contributed by atoms with Crippen LogP contribution in [0.5, 0.6) is 0 Å². The third kappa shape index (κ3) is 9.15. The number of carbonyl (C=O) groups is 1. The molecule has 1 amide bonds. The lowest BCUT2D eigenvalue weighted by Crippen LogP contribution is -2.39. The summed E-state index contributed by atoms with van der Waals surface area (Å²) in [6.45, 7) is 4.29. The molecule has 6 heteroatoms. The Labute approximate surface area is 166 Å². The van der Waals surface area contributed by atoms with Gasteiger partial charge in [0.1, 0.15) is 6.54 Å². The van der Waals surface area contributed by atoms with E-state index in [2.05, 4.69) is 45.2 Å². The molecule has 0 saturated carbocycles. The maximum atomic E-state index is 12.0. The summed E-state index contributed by atoms with van der Waals surface area (Å²) in [4.78, 5) is 17.6. The van der Waals surface area contributed by atoms with Crippen LogP contribution in [0.1, 0.15) is 12.5 Å². The fourth-order valence-electron chi connectivity index (χ4n) is 2.39. The Balaban J connectivity index is 1.66. The number of carbonyl (C=O) groups excluding carboxylic acids is 1. The Morgan fingerprint density at radius 3 is 2.33 bits per heavy atom. The van der Waals surface area contributed by atoms with Crippen molar-refractivity contribution in [2.45, 2.75) is 18.2 Å². The van der Waals surface area contributed by atoms with E-state index < -0.39 is 0 Å². The molecule has 0 atom stereocenters. The van der Waals surface area contributed by atoms with Crippen LogP contribution < -0.4 is 16.0 Å². The fourth-order valence-corrected chi connectivity index (χ4v) is 3.18. The third-order valence-electron chi connectivity index (χ3n) is 3.71. The molecule has 0 aliphatic heterocycles. The minimum absolute atomic E-state index is 0.0678. The number of thioether (sulfide) groups is 1. The summed E-state index contributed by atoms with van der Waals surface area (Å²) in [5, 5.41) is 9.35. The van der Waals surface area contributed by atoms with Gasteiger partial charge in [0.25, 0.3) is 0 Å². The highest BCUT2D eigenvalue weighted by Gasteiger charge is 2.02. The van der Waals surface area contributed by atoms with E-state index in [1.807, 2.05) is 43.3 Å². The van der Waals surface area contributed by atoms with Gasteiger partial charge in [-0.2, -0.15) is 0 Å². The molecule has 0 saturated heterocycles. The van der Waals surface area contributed by atoms with Crippen LogP contribution in [0.3, 0.4) is 0 Å². The number of hydrogen-bond acceptors (Lipinski definition) is 3. The summed E-state index contributed by atoms with van der Waals surface area (Å²) in [7, 11) is 0. The molecule has 144 valence electrons. The van der Waals surface area contributed by atoms with Crippen LogP contribution in [0.25, 0.3) is 0 Å². The molecule has 0 spiro atoms. The van der Waals surface area contributed by atoms with Crippen molar-refractivity contribution in [3.8, 4) is 0 Å². The third-order valence-corrected chi connectivity index (χ3v) is 4.72. The standard InChI is InChI=1S/C21H28N4OS/c1-2-22-21(24-15-16-27-19-11-7-4-8-12-19)25-17-20(26)23-14-13-18-9-5-3-6-10-18/h3-12H,2,13-17H2,1H3,(H,23,26)(H2,22,24,25). The van der Waals surface area contributed by atoms with Crippen molar-refractivity contribution in [1.29, 1.82) is 0 Å². The highest BCUT2D eigenvalue weighted by atomic mass is 32.2. The average Bonchev–Trinajstić information content (AvgIpc) is 2.71. The number of rotatable bonds is 10. The van der Waals surface area contributed by atoms with Gasteiger partial charge in [0.15, 0.2) is 5.96 Å². The van der Waals surface area contributed by atoms with E-state index in [9.17, 15) is 4.79 Å². The Morgan fingerprint density at radius 1 is 0.926 bits per heavy atom. The van der Waals surface area contributed by atoms with Gasteiger partial charge in [0, 0.05) is 30.3 Å². The predicted octanol–water partition coefficient (Wildman–Crippen LogP) is 2.69. The van der Waals surface area contributed by atoms with Crippen molar-refractivity contribution in [2.75, 3.05) is 31.9 Å². The first kappa shape index (κ1) is 20.8. The topological polar surface area (TPSA) is 65.5 Å². The smallest absolute Gasteiger partial charge is 0.241 e. The van der Waals surface area contributed by atoms with E-state index in [0.29, 0.717) is 12.5 Å². The van der Waals surface area contributed by atoms with Crippen molar-refractivity contribution < 1.29 is 4.79 Å². The molecule has 2 rings (SSSR count). The van der Waals surface area contributed by atoms with Gasteiger partial charge in [0.2, 0.25) is 5.91 Å². The predicted molar refractivity (Wildman–Crippen MR) is 114 cm³/mol. The number of nitrogens with zero attached hydrogens (tertiary/aromatic N) is 1. The molecule has 0 unspecified atom stereocenters. The molecule has 0 aliphatic rings. The van der Waals surface area contributed by atoms with Crippen molar-refractivity contribution >= 4 is 23.6 Å². The molecule has 27 heavy (non-hydrogen) atoms. The van der Waals surface area contributed by atoms with Crippen molar-refractivity contribution in [3.05, 3.63) is 66.2 Å². The zero-order chi connectivity index (χ0) is 19.2. The average molecular weight is 385 g/mol. The highest BCUT2D eigenvalue weighted by Crippen LogP contribution is 2.15. The van der Waals surface area contributed by atoms with Crippen molar-refractivity contribution in [1.82, 2.24) is 16.0 Å². The van der Waals surface area contributed by atoms with Gasteiger partial charge in [-0.05, 0) is 31.0 Å². The summed E-state index contributed by atoms with van der Waals surface area (Å²) in [6.07, 6.45) is 0.825. The van der Waals surface area contributed by atoms with Crippen LogP contribution in [-0.4, -0.2) is 43.8 Å². The van der Waals surface area contributed by atoms with E-state index in [4.69, 9.17) is 0 Å². The Kier molecular flexibility index (Phi) is 9.89. The molecule has 5 nitrogen and oxygen atoms in total.